The first-order chi connectivity index (χ1) is 14.7. The van der Waals surface area contributed by atoms with Gasteiger partial charge in [-0.2, -0.15) is 5.26 Å². The van der Waals surface area contributed by atoms with Gasteiger partial charge in [0.2, 0.25) is 0 Å². The monoisotopic (exact) mass is 387 g/mol. The minimum absolute atomic E-state index is 0.0316. The molecule has 0 amide bonds. The van der Waals surface area contributed by atoms with Crippen LogP contribution in [0.4, 0.5) is 0 Å². The summed E-state index contributed by atoms with van der Waals surface area (Å²) in [6.07, 6.45) is 3.09. The second-order valence-corrected chi connectivity index (χ2v) is 7.20. The highest BCUT2D eigenvalue weighted by molar-refractivity contribution is 6.33. The van der Waals surface area contributed by atoms with Crippen LogP contribution in [-0.4, -0.2) is 12.6 Å². The molecule has 0 heterocycles. The van der Waals surface area contributed by atoms with Gasteiger partial charge in [0, 0.05) is 0 Å². The fraction of sp³-hybridized carbons (Fsp3) is 0.0370. The van der Waals surface area contributed by atoms with Crippen LogP contribution in [0.1, 0.15) is 5.56 Å². The van der Waals surface area contributed by atoms with E-state index in [1.807, 2.05) is 24.3 Å². The van der Waals surface area contributed by atoms with Crippen molar-refractivity contribution in [3.8, 4) is 6.07 Å². The van der Waals surface area contributed by atoms with Crippen molar-refractivity contribution in [2.75, 3.05) is 6.61 Å². The average molecular weight is 387 g/mol. The molecule has 5 rings (SSSR count). The second kappa shape index (κ2) is 7.02. The summed E-state index contributed by atoms with van der Waals surface area (Å²) in [5, 5.41) is 18.8. The van der Waals surface area contributed by atoms with E-state index in [2.05, 4.69) is 55.1 Å². The molecule has 0 saturated heterocycles. The number of carbonyl (C=O) groups is 1. The molecular formula is C27H17NO2. The third-order valence-corrected chi connectivity index (χ3v) is 5.53. The van der Waals surface area contributed by atoms with E-state index in [9.17, 15) is 10.1 Å². The molecule has 0 fully saturated rings. The normalized spacial score (nSPS) is 11.9. The first-order valence-electron chi connectivity index (χ1n) is 9.71. The Morgan fingerprint density at radius 1 is 0.867 bits per heavy atom. The maximum Gasteiger partial charge on any atom is 0.349 e. The molecule has 0 atom stereocenters. The third-order valence-electron chi connectivity index (χ3n) is 5.53. The lowest BCUT2D eigenvalue weighted by atomic mass is 9.88. The Bertz CT molecular complexity index is 1490. The number of fused-ring (bicyclic) bond motifs is 2. The van der Waals surface area contributed by atoms with Crippen LogP contribution >= 0.6 is 0 Å². The quantitative estimate of drug-likeness (QED) is 0.0898. The summed E-state index contributed by atoms with van der Waals surface area (Å²) in [6.45, 7) is 3.60. The second-order valence-electron chi connectivity index (χ2n) is 7.20. The Morgan fingerprint density at radius 3 is 2.13 bits per heavy atom. The lowest BCUT2D eigenvalue weighted by molar-refractivity contribution is -0.137. The molecule has 0 aliphatic carbocycles. The van der Waals surface area contributed by atoms with Crippen molar-refractivity contribution >= 4 is 55.1 Å². The summed E-state index contributed by atoms with van der Waals surface area (Å²) in [7, 11) is 0. The molecular weight excluding hydrogens is 370 g/mol. The van der Waals surface area contributed by atoms with Gasteiger partial charge in [-0.15, -0.1) is 0 Å². The van der Waals surface area contributed by atoms with E-state index in [4.69, 9.17) is 4.74 Å². The van der Waals surface area contributed by atoms with E-state index in [0.29, 0.717) is 0 Å². The van der Waals surface area contributed by atoms with E-state index in [1.165, 1.54) is 27.6 Å². The number of benzene rings is 5. The maximum atomic E-state index is 12.2. The summed E-state index contributed by atoms with van der Waals surface area (Å²) < 4.78 is 5.05. The Balaban J connectivity index is 1.84. The number of hydrogen-bond donors (Lipinski definition) is 0. The average Bonchev–Trinajstić information content (AvgIpc) is 2.79. The van der Waals surface area contributed by atoms with Crippen molar-refractivity contribution in [3.63, 3.8) is 0 Å². The van der Waals surface area contributed by atoms with Crippen molar-refractivity contribution in [1.29, 1.82) is 5.26 Å². The number of hydrogen-bond acceptors (Lipinski definition) is 3. The highest BCUT2D eigenvalue weighted by atomic mass is 16.5. The summed E-state index contributed by atoms with van der Waals surface area (Å²) in [5.74, 6) is -0.645. The predicted octanol–water partition coefficient (Wildman–Crippen LogP) is 6.37. The van der Waals surface area contributed by atoms with Crippen LogP contribution in [-0.2, 0) is 9.53 Å². The van der Waals surface area contributed by atoms with Crippen LogP contribution in [0.2, 0.25) is 0 Å². The Labute approximate surface area is 173 Å². The molecule has 0 radical (unpaired) electrons. The van der Waals surface area contributed by atoms with Gasteiger partial charge in [0.25, 0.3) is 0 Å². The zero-order valence-electron chi connectivity index (χ0n) is 16.2. The molecule has 3 heteroatoms. The van der Waals surface area contributed by atoms with E-state index in [0.717, 1.165) is 27.1 Å². The van der Waals surface area contributed by atoms with Gasteiger partial charge in [-0.05, 0) is 54.7 Å². The molecule has 142 valence electrons. The molecule has 5 aromatic rings. The highest BCUT2D eigenvalue weighted by Gasteiger charge is 2.15. The third kappa shape index (κ3) is 2.62. The minimum atomic E-state index is -0.645. The van der Waals surface area contributed by atoms with Gasteiger partial charge >= 0.3 is 5.97 Å². The predicted molar refractivity (Wildman–Crippen MR) is 122 cm³/mol. The van der Waals surface area contributed by atoms with Gasteiger partial charge < -0.3 is 4.74 Å². The molecule has 3 nitrogen and oxygen atoms in total. The zero-order valence-corrected chi connectivity index (χ0v) is 16.2. The molecule has 5 aromatic carbocycles. The lowest BCUT2D eigenvalue weighted by Gasteiger charge is -2.15. The Morgan fingerprint density at radius 2 is 1.47 bits per heavy atom. The van der Waals surface area contributed by atoms with Gasteiger partial charge in [0.15, 0.2) is 0 Å². The van der Waals surface area contributed by atoms with Gasteiger partial charge in [-0.3, -0.25) is 0 Å². The smallest absolute Gasteiger partial charge is 0.349 e. The first kappa shape index (κ1) is 17.9. The number of ether oxygens (including phenoxy) is 1. The molecule has 0 aromatic heterocycles. The van der Waals surface area contributed by atoms with Crippen LogP contribution in [0, 0.1) is 11.3 Å². The zero-order chi connectivity index (χ0) is 20.7. The van der Waals surface area contributed by atoms with Gasteiger partial charge in [0.05, 0.1) is 0 Å². The molecule has 0 spiro atoms. The van der Waals surface area contributed by atoms with Crippen LogP contribution in [0.25, 0.3) is 49.2 Å². The molecule has 0 aliphatic rings. The number of rotatable bonds is 4. The lowest BCUT2D eigenvalue weighted by Crippen LogP contribution is -2.06. The molecule has 0 bridgehead atoms. The van der Waals surface area contributed by atoms with Crippen molar-refractivity contribution in [3.05, 3.63) is 90.5 Å². The largest absolute Gasteiger partial charge is 0.457 e. The first-order valence-corrected chi connectivity index (χ1v) is 9.71. The van der Waals surface area contributed by atoms with Crippen LogP contribution < -0.4 is 0 Å². The van der Waals surface area contributed by atoms with Crippen molar-refractivity contribution in [1.82, 2.24) is 0 Å². The minimum Gasteiger partial charge on any atom is -0.457 e. The van der Waals surface area contributed by atoms with Gasteiger partial charge in [-0.1, -0.05) is 79.4 Å². The van der Waals surface area contributed by atoms with Crippen LogP contribution in [0.3, 0.4) is 0 Å². The van der Waals surface area contributed by atoms with Gasteiger partial charge in [0.1, 0.15) is 18.2 Å². The summed E-state index contributed by atoms with van der Waals surface area (Å²) in [4.78, 5) is 12.2. The van der Waals surface area contributed by atoms with E-state index >= 15 is 0 Å². The molecule has 0 saturated carbocycles. The summed E-state index contributed by atoms with van der Waals surface area (Å²) in [6, 6.07) is 24.9. The number of carbonyl (C=O) groups excluding carboxylic acids is 1. The molecule has 30 heavy (non-hydrogen) atoms. The molecule has 0 aliphatic heterocycles. The van der Waals surface area contributed by atoms with Crippen LogP contribution in [0.5, 0.6) is 0 Å². The van der Waals surface area contributed by atoms with E-state index < -0.39 is 5.97 Å². The number of nitriles is 1. The summed E-state index contributed by atoms with van der Waals surface area (Å²) in [5.41, 5.74) is 0.783. The Hall–Kier alpha value is -4.16. The maximum absolute atomic E-state index is 12.2. The topological polar surface area (TPSA) is 50.1 Å². The fourth-order valence-corrected chi connectivity index (χ4v) is 4.30. The fourth-order valence-electron chi connectivity index (χ4n) is 4.30. The van der Waals surface area contributed by atoms with Crippen molar-refractivity contribution in [2.24, 2.45) is 0 Å². The molecule has 0 unspecified atom stereocenters. The van der Waals surface area contributed by atoms with Crippen LogP contribution in [0.15, 0.2) is 85.0 Å². The SMILES string of the molecule is C=CCOC(=O)C(C#N)=Cc1ccc2c3cccc4cccc(c5cccc1c52)c43. The van der Waals surface area contributed by atoms with E-state index in [-0.39, 0.29) is 12.2 Å². The molecule has 0 N–H and O–H groups in total. The summed E-state index contributed by atoms with van der Waals surface area (Å²) >= 11 is 0. The number of esters is 1. The van der Waals surface area contributed by atoms with Gasteiger partial charge in [-0.25, -0.2) is 4.79 Å². The Kier molecular flexibility index (Phi) is 4.19. The highest BCUT2D eigenvalue weighted by Crippen LogP contribution is 2.41. The number of nitrogens with zero attached hydrogens (tertiary/aromatic N) is 1. The van der Waals surface area contributed by atoms with Crippen molar-refractivity contribution < 1.29 is 9.53 Å². The standard InChI is InChI=1S/C27H17NO2/c1-2-14-30-27(29)19(16-28)15-18-12-13-24-22-10-4-7-17-6-3-9-21(25(17)22)23-11-5-8-20(18)26(23)24/h2-13,15H,1,14H2. The van der Waals surface area contributed by atoms with Crippen molar-refractivity contribution in [2.45, 2.75) is 0 Å². The van der Waals surface area contributed by atoms with E-state index in [1.54, 1.807) is 6.08 Å².